The Bertz CT molecular complexity index is 629. The number of hydrogen-bond donors (Lipinski definition) is 4. The van der Waals surface area contributed by atoms with Gasteiger partial charge in [-0.2, -0.15) is 0 Å². The number of benzene rings is 1. The minimum absolute atomic E-state index is 0.0189. The predicted octanol–water partition coefficient (Wildman–Crippen LogP) is 1.50. The highest BCUT2D eigenvalue weighted by Crippen LogP contribution is 2.23. The van der Waals surface area contributed by atoms with Gasteiger partial charge in [-0.05, 0) is 37.0 Å². The number of sulfonamides is 1. The standard InChI is InChI=1S/C15H24N2O5S/c1-11(2)6-8-17-23(21,22)14-10-12(15(19)20)4-5-13(14)16-7-3-9-18/h4-5,10-11,16-18H,3,6-9H2,1-2H3,(H,19,20). The molecule has 1 aromatic carbocycles. The van der Waals surface area contributed by atoms with Crippen molar-refractivity contribution in [2.24, 2.45) is 5.92 Å². The Hall–Kier alpha value is -1.64. The van der Waals surface area contributed by atoms with Crippen molar-refractivity contribution in [2.75, 3.05) is 25.0 Å². The molecule has 130 valence electrons. The fourth-order valence-electron chi connectivity index (χ4n) is 1.89. The zero-order chi connectivity index (χ0) is 17.5. The number of nitrogens with one attached hydrogen (secondary N) is 2. The second-order valence-electron chi connectivity index (χ2n) is 5.60. The molecular weight excluding hydrogens is 320 g/mol. The van der Waals surface area contributed by atoms with Gasteiger partial charge in [0, 0.05) is 19.7 Å². The number of carbonyl (C=O) groups is 1. The average Bonchev–Trinajstić information content (AvgIpc) is 2.46. The smallest absolute Gasteiger partial charge is 0.335 e. The van der Waals surface area contributed by atoms with Crippen LogP contribution in [0.4, 0.5) is 5.69 Å². The van der Waals surface area contributed by atoms with Crippen LogP contribution in [-0.2, 0) is 10.0 Å². The minimum Gasteiger partial charge on any atom is -0.478 e. The van der Waals surface area contributed by atoms with Crippen LogP contribution in [0.1, 0.15) is 37.0 Å². The lowest BCUT2D eigenvalue weighted by Gasteiger charge is -2.14. The number of rotatable bonds is 10. The van der Waals surface area contributed by atoms with Gasteiger partial charge in [-0.1, -0.05) is 13.8 Å². The normalized spacial score (nSPS) is 11.7. The summed E-state index contributed by atoms with van der Waals surface area (Å²) < 4.78 is 27.4. The monoisotopic (exact) mass is 344 g/mol. The molecule has 0 aliphatic heterocycles. The van der Waals surface area contributed by atoms with Crippen molar-refractivity contribution < 1.29 is 23.4 Å². The summed E-state index contributed by atoms with van der Waals surface area (Å²) in [5, 5.41) is 20.8. The molecule has 0 aliphatic carbocycles. The molecule has 0 aromatic heterocycles. The first-order valence-corrected chi connectivity index (χ1v) is 8.98. The molecule has 0 bridgehead atoms. The van der Waals surface area contributed by atoms with Crippen LogP contribution in [0, 0.1) is 5.92 Å². The third-order valence-corrected chi connectivity index (χ3v) is 4.68. The van der Waals surface area contributed by atoms with Gasteiger partial charge in [-0.15, -0.1) is 0 Å². The zero-order valence-electron chi connectivity index (χ0n) is 13.4. The molecule has 8 heteroatoms. The van der Waals surface area contributed by atoms with Gasteiger partial charge in [-0.3, -0.25) is 0 Å². The van der Waals surface area contributed by atoms with Crippen LogP contribution in [0.25, 0.3) is 0 Å². The minimum atomic E-state index is -3.82. The van der Waals surface area contributed by atoms with Gasteiger partial charge < -0.3 is 15.5 Å². The molecule has 4 N–H and O–H groups in total. The second kappa shape index (κ2) is 8.85. The van der Waals surface area contributed by atoms with Gasteiger partial charge in [0.2, 0.25) is 10.0 Å². The van der Waals surface area contributed by atoms with Crippen molar-refractivity contribution in [3.8, 4) is 0 Å². The molecule has 0 amide bonds. The molecule has 0 radical (unpaired) electrons. The molecule has 0 heterocycles. The summed E-state index contributed by atoms with van der Waals surface area (Å²) in [7, 11) is -3.82. The van der Waals surface area contributed by atoms with Gasteiger partial charge in [0.15, 0.2) is 0 Å². The predicted molar refractivity (Wildman–Crippen MR) is 88.2 cm³/mol. The van der Waals surface area contributed by atoms with E-state index in [1.165, 1.54) is 12.1 Å². The largest absolute Gasteiger partial charge is 0.478 e. The first-order chi connectivity index (χ1) is 10.8. The van der Waals surface area contributed by atoms with E-state index in [1.54, 1.807) is 0 Å². The Kier molecular flexibility index (Phi) is 7.47. The van der Waals surface area contributed by atoms with E-state index in [9.17, 15) is 13.2 Å². The van der Waals surface area contributed by atoms with Crippen LogP contribution in [0.5, 0.6) is 0 Å². The maximum Gasteiger partial charge on any atom is 0.335 e. The molecule has 0 atom stereocenters. The van der Waals surface area contributed by atoms with Crippen molar-refractivity contribution in [1.82, 2.24) is 4.72 Å². The lowest BCUT2D eigenvalue weighted by Crippen LogP contribution is -2.27. The maximum atomic E-state index is 12.4. The molecule has 0 aliphatic rings. The number of carboxylic acids is 1. The molecule has 0 fully saturated rings. The summed E-state index contributed by atoms with van der Waals surface area (Å²) in [6, 6.07) is 3.91. The second-order valence-corrected chi connectivity index (χ2v) is 7.34. The number of aliphatic hydroxyl groups excluding tert-OH is 1. The lowest BCUT2D eigenvalue weighted by atomic mass is 10.1. The highest BCUT2D eigenvalue weighted by Gasteiger charge is 2.20. The topological polar surface area (TPSA) is 116 Å². The van der Waals surface area contributed by atoms with Crippen molar-refractivity contribution in [2.45, 2.75) is 31.6 Å². The Morgan fingerprint density at radius 1 is 1.26 bits per heavy atom. The van der Waals surface area contributed by atoms with Crippen LogP contribution in [0.15, 0.2) is 23.1 Å². The number of carboxylic acid groups (broad SMARTS) is 1. The van der Waals surface area contributed by atoms with Crippen LogP contribution in [0.2, 0.25) is 0 Å². The summed E-state index contributed by atoms with van der Waals surface area (Å²) in [5.74, 6) is -0.837. The molecule has 1 rings (SSSR count). The molecule has 0 saturated heterocycles. The van der Waals surface area contributed by atoms with Crippen molar-refractivity contribution in [1.29, 1.82) is 0 Å². The molecule has 1 aromatic rings. The van der Waals surface area contributed by atoms with Crippen molar-refractivity contribution >= 4 is 21.7 Å². The fourth-order valence-corrected chi connectivity index (χ4v) is 3.14. The molecule has 7 nitrogen and oxygen atoms in total. The molecule has 0 unspecified atom stereocenters. The Morgan fingerprint density at radius 3 is 2.52 bits per heavy atom. The van der Waals surface area contributed by atoms with Crippen LogP contribution in [0.3, 0.4) is 0 Å². The van der Waals surface area contributed by atoms with E-state index in [0.717, 1.165) is 6.07 Å². The van der Waals surface area contributed by atoms with Crippen molar-refractivity contribution in [3.63, 3.8) is 0 Å². The highest BCUT2D eigenvalue weighted by atomic mass is 32.2. The Morgan fingerprint density at radius 2 is 1.96 bits per heavy atom. The number of hydrogen-bond acceptors (Lipinski definition) is 5. The SMILES string of the molecule is CC(C)CCNS(=O)(=O)c1cc(C(=O)O)ccc1NCCCO. The van der Waals surface area contributed by atoms with E-state index in [4.69, 9.17) is 10.2 Å². The highest BCUT2D eigenvalue weighted by molar-refractivity contribution is 7.89. The summed E-state index contributed by atoms with van der Waals surface area (Å²) >= 11 is 0. The molecular formula is C15H24N2O5S. The van der Waals surface area contributed by atoms with Crippen LogP contribution in [-0.4, -0.2) is 44.3 Å². The molecule has 0 spiro atoms. The first kappa shape index (κ1) is 19.4. The number of anilines is 1. The summed E-state index contributed by atoms with van der Waals surface area (Å²) in [5.41, 5.74) is 0.224. The molecule has 23 heavy (non-hydrogen) atoms. The van der Waals surface area contributed by atoms with E-state index in [0.29, 0.717) is 31.0 Å². The van der Waals surface area contributed by atoms with E-state index in [2.05, 4.69) is 10.0 Å². The first-order valence-electron chi connectivity index (χ1n) is 7.49. The van der Waals surface area contributed by atoms with Crippen LogP contribution < -0.4 is 10.0 Å². The Labute approximate surface area is 136 Å². The third kappa shape index (κ3) is 6.17. The summed E-state index contributed by atoms with van der Waals surface area (Å²) in [6.07, 6.45) is 1.14. The van der Waals surface area contributed by atoms with Crippen LogP contribution >= 0.6 is 0 Å². The summed E-state index contributed by atoms with van der Waals surface area (Å²) in [6.45, 7) is 4.63. The zero-order valence-corrected chi connectivity index (χ0v) is 14.2. The number of aromatic carboxylic acids is 1. The quantitative estimate of drug-likeness (QED) is 0.478. The van der Waals surface area contributed by atoms with E-state index in [-0.39, 0.29) is 23.6 Å². The maximum absolute atomic E-state index is 12.4. The average molecular weight is 344 g/mol. The third-order valence-electron chi connectivity index (χ3n) is 3.18. The van der Waals surface area contributed by atoms with Gasteiger partial charge >= 0.3 is 5.97 Å². The van der Waals surface area contributed by atoms with E-state index < -0.39 is 16.0 Å². The summed E-state index contributed by atoms with van der Waals surface area (Å²) in [4.78, 5) is 11.0. The fraction of sp³-hybridized carbons (Fsp3) is 0.533. The van der Waals surface area contributed by atoms with Gasteiger partial charge in [0.1, 0.15) is 4.90 Å². The number of aliphatic hydroxyl groups is 1. The van der Waals surface area contributed by atoms with E-state index >= 15 is 0 Å². The van der Waals surface area contributed by atoms with Gasteiger partial charge in [0.05, 0.1) is 11.3 Å². The van der Waals surface area contributed by atoms with E-state index in [1.807, 2.05) is 13.8 Å². The lowest BCUT2D eigenvalue weighted by molar-refractivity contribution is 0.0696. The Balaban J connectivity index is 3.06. The van der Waals surface area contributed by atoms with Gasteiger partial charge in [-0.25, -0.2) is 17.9 Å². The molecule has 0 saturated carbocycles. The van der Waals surface area contributed by atoms with Crippen molar-refractivity contribution in [3.05, 3.63) is 23.8 Å². The van der Waals surface area contributed by atoms with Gasteiger partial charge in [0.25, 0.3) is 0 Å².